The lowest BCUT2D eigenvalue weighted by Crippen LogP contribution is -2.33. The zero-order chi connectivity index (χ0) is 14.0. The summed E-state index contributed by atoms with van der Waals surface area (Å²) in [5.74, 6) is 1.15. The molecule has 1 aliphatic carbocycles. The molecule has 1 aromatic carbocycles. The van der Waals surface area contributed by atoms with Crippen LogP contribution < -0.4 is 5.32 Å². The van der Waals surface area contributed by atoms with Crippen molar-refractivity contribution in [1.82, 2.24) is 5.32 Å². The van der Waals surface area contributed by atoms with Crippen LogP contribution in [0.3, 0.4) is 0 Å². The molecule has 2 heteroatoms. The van der Waals surface area contributed by atoms with E-state index in [-0.39, 0.29) is 0 Å². The first-order chi connectivity index (χ1) is 9.90. The summed E-state index contributed by atoms with van der Waals surface area (Å²) in [6, 6.07) is 11.3. The van der Waals surface area contributed by atoms with Crippen LogP contribution in [0.5, 0.6) is 0 Å². The maximum absolute atomic E-state index is 3.75. The highest BCUT2D eigenvalue weighted by Crippen LogP contribution is 2.25. The highest BCUT2D eigenvalue weighted by Gasteiger charge is 2.15. The largest absolute Gasteiger partial charge is 0.310 e. The molecule has 1 nitrogen and oxygen atoms in total. The zero-order valence-corrected chi connectivity index (χ0v) is 13.4. The Morgan fingerprint density at radius 2 is 2.00 bits per heavy atom. The van der Waals surface area contributed by atoms with Crippen LogP contribution in [0.2, 0.25) is 0 Å². The molecule has 1 N–H and O–H groups in total. The van der Waals surface area contributed by atoms with Gasteiger partial charge < -0.3 is 5.32 Å². The zero-order valence-electron chi connectivity index (χ0n) is 12.6. The summed E-state index contributed by atoms with van der Waals surface area (Å²) in [6.07, 6.45) is 10.4. The molecule has 0 saturated heterocycles. The summed E-state index contributed by atoms with van der Waals surface area (Å²) in [5.41, 5.74) is 1.65. The van der Waals surface area contributed by atoms with Gasteiger partial charge in [-0.2, -0.15) is 0 Å². The molecule has 0 heterocycles. The van der Waals surface area contributed by atoms with Crippen molar-refractivity contribution in [1.29, 1.82) is 0 Å². The van der Waals surface area contributed by atoms with E-state index in [4.69, 9.17) is 0 Å². The van der Waals surface area contributed by atoms with Crippen molar-refractivity contribution in [3.8, 4) is 0 Å². The fourth-order valence-electron chi connectivity index (χ4n) is 2.67. The second-order valence-electron chi connectivity index (χ2n) is 5.51. The molecule has 1 atom stereocenters. The van der Waals surface area contributed by atoms with E-state index in [0.29, 0.717) is 6.04 Å². The second kappa shape index (κ2) is 9.25. The van der Waals surface area contributed by atoms with Crippen molar-refractivity contribution in [2.24, 2.45) is 0 Å². The number of rotatable bonds is 7. The van der Waals surface area contributed by atoms with Crippen LogP contribution in [-0.4, -0.2) is 18.3 Å². The predicted molar refractivity (Wildman–Crippen MR) is 90.4 cm³/mol. The molecule has 0 aliphatic heterocycles. The minimum Gasteiger partial charge on any atom is -0.310 e. The molecular weight excluding hydrogens is 262 g/mol. The van der Waals surface area contributed by atoms with Gasteiger partial charge in [0.15, 0.2) is 0 Å². The number of allylic oxidation sites excluding steroid dienone is 1. The molecular formula is C18H27NS. The third-order valence-corrected chi connectivity index (χ3v) is 4.93. The van der Waals surface area contributed by atoms with Crippen LogP contribution in [0, 0.1) is 0 Å². The van der Waals surface area contributed by atoms with Crippen molar-refractivity contribution in [3.63, 3.8) is 0 Å². The molecule has 0 aromatic heterocycles. The minimum absolute atomic E-state index is 0.554. The molecule has 0 radical (unpaired) electrons. The monoisotopic (exact) mass is 289 g/mol. The van der Waals surface area contributed by atoms with Crippen molar-refractivity contribution in [2.75, 3.05) is 12.3 Å². The highest BCUT2D eigenvalue weighted by molar-refractivity contribution is 7.99. The first kappa shape index (κ1) is 15.7. The van der Waals surface area contributed by atoms with Crippen molar-refractivity contribution in [2.45, 2.75) is 56.4 Å². The molecule has 0 bridgehead atoms. The number of hydrogen-bond acceptors (Lipinski definition) is 2. The normalized spacial score (nSPS) is 17.4. The van der Waals surface area contributed by atoms with Gasteiger partial charge in [0, 0.05) is 16.7 Å². The van der Waals surface area contributed by atoms with Crippen LogP contribution in [-0.2, 0) is 0 Å². The second-order valence-corrected chi connectivity index (χ2v) is 6.60. The summed E-state index contributed by atoms with van der Waals surface area (Å²) in [4.78, 5) is 1.38. The predicted octanol–water partition coefficient (Wildman–Crippen LogP) is 5.04. The van der Waals surface area contributed by atoms with Gasteiger partial charge in [-0.1, -0.05) is 43.2 Å². The lowest BCUT2D eigenvalue weighted by molar-refractivity contribution is 0.584. The summed E-state index contributed by atoms with van der Waals surface area (Å²) in [6.45, 7) is 3.37. The molecule has 1 aromatic rings. The summed E-state index contributed by atoms with van der Waals surface area (Å²) >= 11 is 1.98. The van der Waals surface area contributed by atoms with Gasteiger partial charge in [-0.05, 0) is 50.8 Å². The quantitative estimate of drug-likeness (QED) is 0.557. The average Bonchev–Trinajstić information content (AvgIpc) is 2.78. The van der Waals surface area contributed by atoms with Crippen molar-refractivity contribution >= 4 is 11.8 Å². The Morgan fingerprint density at radius 1 is 1.15 bits per heavy atom. The first-order valence-corrected chi connectivity index (χ1v) is 8.99. The smallest absolute Gasteiger partial charge is 0.0374 e. The summed E-state index contributed by atoms with van der Waals surface area (Å²) in [5, 5.41) is 3.75. The Morgan fingerprint density at radius 3 is 2.80 bits per heavy atom. The van der Waals surface area contributed by atoms with Gasteiger partial charge >= 0.3 is 0 Å². The van der Waals surface area contributed by atoms with Gasteiger partial charge in [0.05, 0.1) is 0 Å². The maximum Gasteiger partial charge on any atom is 0.0374 e. The molecule has 0 saturated carbocycles. The Kier molecular flexibility index (Phi) is 7.24. The van der Waals surface area contributed by atoms with E-state index in [2.05, 4.69) is 48.6 Å². The minimum atomic E-state index is 0.554. The topological polar surface area (TPSA) is 12.0 Å². The molecule has 2 rings (SSSR count). The lowest BCUT2D eigenvalue weighted by atomic mass is 10.0. The molecule has 20 heavy (non-hydrogen) atoms. The van der Waals surface area contributed by atoms with Crippen LogP contribution in [0.4, 0.5) is 0 Å². The molecule has 1 aliphatic rings. The van der Waals surface area contributed by atoms with E-state index in [1.165, 1.54) is 43.4 Å². The first-order valence-electron chi connectivity index (χ1n) is 8.00. The van der Waals surface area contributed by atoms with Gasteiger partial charge in [0.1, 0.15) is 0 Å². The molecule has 110 valence electrons. The molecule has 1 unspecified atom stereocenters. The maximum atomic E-state index is 3.75. The van der Waals surface area contributed by atoms with E-state index in [9.17, 15) is 0 Å². The third-order valence-electron chi connectivity index (χ3n) is 3.82. The number of nitrogens with one attached hydrogen (secondary N) is 1. The Labute approximate surface area is 128 Å². The average molecular weight is 289 g/mol. The number of benzene rings is 1. The lowest BCUT2D eigenvalue weighted by Gasteiger charge is -2.21. The van der Waals surface area contributed by atoms with Crippen LogP contribution in [0.1, 0.15) is 45.4 Å². The van der Waals surface area contributed by atoms with Crippen LogP contribution >= 0.6 is 11.8 Å². The van der Waals surface area contributed by atoms with Crippen LogP contribution in [0.15, 0.2) is 46.9 Å². The third kappa shape index (κ3) is 5.34. The van der Waals surface area contributed by atoms with E-state index in [0.717, 1.165) is 12.3 Å². The number of thioether (sulfide) groups is 1. The van der Waals surface area contributed by atoms with Crippen molar-refractivity contribution in [3.05, 3.63) is 42.0 Å². The summed E-state index contributed by atoms with van der Waals surface area (Å²) in [7, 11) is 0. The molecule has 0 fully saturated rings. The van der Waals surface area contributed by atoms with E-state index in [1.54, 1.807) is 5.57 Å². The van der Waals surface area contributed by atoms with Gasteiger partial charge in [0.25, 0.3) is 0 Å². The Bertz CT molecular complexity index is 399. The van der Waals surface area contributed by atoms with E-state index < -0.39 is 0 Å². The number of hydrogen-bond donors (Lipinski definition) is 1. The van der Waals surface area contributed by atoms with Gasteiger partial charge in [-0.25, -0.2) is 0 Å². The molecule has 0 spiro atoms. The van der Waals surface area contributed by atoms with E-state index >= 15 is 0 Å². The highest BCUT2D eigenvalue weighted by atomic mass is 32.2. The molecule has 0 amide bonds. The standard InChI is InChI=1S/C18H27NS/c1-2-14-19-18(16-10-6-3-4-7-11-16)15-20-17-12-8-5-9-13-17/h5,8-10,12-13,18-19H,2-4,6-7,11,14-15H2,1H3. The van der Waals surface area contributed by atoms with Crippen LogP contribution in [0.25, 0.3) is 0 Å². The fraction of sp³-hybridized carbons (Fsp3) is 0.556. The van der Waals surface area contributed by atoms with Crippen molar-refractivity contribution < 1.29 is 0 Å². The van der Waals surface area contributed by atoms with Gasteiger partial charge in [-0.15, -0.1) is 11.8 Å². The fourth-order valence-corrected chi connectivity index (χ4v) is 3.71. The summed E-state index contributed by atoms with van der Waals surface area (Å²) < 4.78 is 0. The van der Waals surface area contributed by atoms with Gasteiger partial charge in [-0.3, -0.25) is 0 Å². The van der Waals surface area contributed by atoms with E-state index in [1.807, 2.05) is 11.8 Å². The van der Waals surface area contributed by atoms with Gasteiger partial charge in [0.2, 0.25) is 0 Å². The Balaban J connectivity index is 1.93. The Hall–Kier alpha value is -0.730. The SMILES string of the molecule is CCCNC(CSc1ccccc1)C1=CCCCCC1.